The van der Waals surface area contributed by atoms with E-state index in [1.54, 1.807) is 6.20 Å². The second kappa shape index (κ2) is 3.91. The summed E-state index contributed by atoms with van der Waals surface area (Å²) in [4.78, 5) is 0. The number of hydrogen-bond donors (Lipinski definition) is 1. The highest BCUT2D eigenvalue weighted by Crippen LogP contribution is 2.37. The first-order valence-electron chi connectivity index (χ1n) is 5.13. The lowest BCUT2D eigenvalue weighted by atomic mass is 10.0. The number of nitrogens with zero attached hydrogens (tertiary/aromatic N) is 2. The lowest BCUT2D eigenvalue weighted by molar-refractivity contribution is 0.160. The van der Waals surface area contributed by atoms with Crippen molar-refractivity contribution in [2.24, 2.45) is 0 Å². The average Bonchev–Trinajstić information content (AvgIpc) is 2.72. The Balaban J connectivity index is 2.33. The van der Waals surface area contributed by atoms with Crippen LogP contribution < -0.4 is 0 Å². The Bertz CT molecular complexity index is 324. The molecular weight excluding hydrogens is 200 g/mol. The predicted octanol–water partition coefficient (Wildman–Crippen LogP) is 2.18. The van der Waals surface area contributed by atoms with Crippen molar-refractivity contribution in [1.29, 1.82) is 0 Å². The normalized spacial score (nSPS) is 27.1. The summed E-state index contributed by atoms with van der Waals surface area (Å²) in [6.07, 6.45) is 4.42. The number of halogens is 1. The fraction of sp³-hybridized carbons (Fsp3) is 0.700. The van der Waals surface area contributed by atoms with Crippen LogP contribution in [-0.2, 0) is 6.54 Å². The molecule has 2 atom stereocenters. The molecule has 0 bridgehead atoms. The topological polar surface area (TPSA) is 38.0 Å². The summed E-state index contributed by atoms with van der Waals surface area (Å²) < 4.78 is 1.89. The SMILES string of the molecule is CCn1ncc(Cl)c1C1CCCC1O. The minimum atomic E-state index is -0.241. The van der Waals surface area contributed by atoms with Crippen molar-refractivity contribution < 1.29 is 5.11 Å². The summed E-state index contributed by atoms with van der Waals surface area (Å²) in [6.45, 7) is 2.85. The zero-order chi connectivity index (χ0) is 10.1. The number of aromatic nitrogens is 2. The van der Waals surface area contributed by atoms with E-state index in [4.69, 9.17) is 11.6 Å². The number of aliphatic hydroxyl groups excluding tert-OH is 1. The van der Waals surface area contributed by atoms with E-state index in [0.29, 0.717) is 5.02 Å². The minimum Gasteiger partial charge on any atom is -0.392 e. The molecule has 0 spiro atoms. The van der Waals surface area contributed by atoms with E-state index >= 15 is 0 Å². The molecule has 0 aliphatic heterocycles. The van der Waals surface area contributed by atoms with E-state index in [1.807, 2.05) is 11.6 Å². The van der Waals surface area contributed by atoms with Crippen molar-refractivity contribution in [2.75, 3.05) is 0 Å². The Hall–Kier alpha value is -0.540. The highest BCUT2D eigenvalue weighted by atomic mass is 35.5. The van der Waals surface area contributed by atoms with E-state index in [0.717, 1.165) is 31.5 Å². The molecule has 1 saturated carbocycles. The van der Waals surface area contributed by atoms with Crippen molar-refractivity contribution in [1.82, 2.24) is 9.78 Å². The molecule has 1 N–H and O–H groups in total. The Morgan fingerprint density at radius 1 is 1.64 bits per heavy atom. The van der Waals surface area contributed by atoms with Gasteiger partial charge >= 0.3 is 0 Å². The van der Waals surface area contributed by atoms with Gasteiger partial charge in [-0.1, -0.05) is 18.0 Å². The lowest BCUT2D eigenvalue weighted by Crippen LogP contribution is -2.16. The predicted molar refractivity (Wildman–Crippen MR) is 55.5 cm³/mol. The summed E-state index contributed by atoms with van der Waals surface area (Å²) in [5.74, 6) is 0.185. The van der Waals surface area contributed by atoms with Crippen LogP contribution in [0.25, 0.3) is 0 Å². The standard InChI is InChI=1S/C10H15ClN2O/c1-2-13-10(8(11)6-12-13)7-4-3-5-9(7)14/h6-7,9,14H,2-5H2,1H3. The van der Waals surface area contributed by atoms with Gasteiger partial charge in [-0.2, -0.15) is 5.10 Å². The van der Waals surface area contributed by atoms with Gasteiger partial charge in [-0.15, -0.1) is 0 Å². The second-order valence-corrected chi connectivity index (χ2v) is 4.21. The molecule has 2 rings (SSSR count). The molecule has 3 nitrogen and oxygen atoms in total. The molecule has 1 heterocycles. The fourth-order valence-corrected chi connectivity index (χ4v) is 2.53. The van der Waals surface area contributed by atoms with Crippen molar-refractivity contribution >= 4 is 11.6 Å². The molecule has 1 fully saturated rings. The third-order valence-corrected chi connectivity index (χ3v) is 3.25. The van der Waals surface area contributed by atoms with E-state index in [1.165, 1.54) is 0 Å². The third kappa shape index (κ3) is 1.55. The van der Waals surface area contributed by atoms with E-state index in [9.17, 15) is 5.11 Å². The van der Waals surface area contributed by atoms with Crippen LogP contribution in [0.1, 0.15) is 37.8 Å². The lowest BCUT2D eigenvalue weighted by Gasteiger charge is -2.16. The maximum atomic E-state index is 9.81. The van der Waals surface area contributed by atoms with Crippen molar-refractivity contribution in [3.63, 3.8) is 0 Å². The number of hydrogen-bond acceptors (Lipinski definition) is 2. The largest absolute Gasteiger partial charge is 0.392 e. The van der Waals surface area contributed by atoms with Crippen LogP contribution in [0.4, 0.5) is 0 Å². The zero-order valence-corrected chi connectivity index (χ0v) is 9.04. The molecule has 1 aliphatic carbocycles. The molecule has 0 saturated heterocycles. The van der Waals surface area contributed by atoms with Crippen LogP contribution in [0, 0.1) is 0 Å². The quantitative estimate of drug-likeness (QED) is 0.820. The van der Waals surface area contributed by atoms with Gasteiger partial charge in [0.25, 0.3) is 0 Å². The minimum absolute atomic E-state index is 0.185. The fourth-order valence-electron chi connectivity index (χ4n) is 2.25. The van der Waals surface area contributed by atoms with Crippen LogP contribution in [0.5, 0.6) is 0 Å². The molecule has 14 heavy (non-hydrogen) atoms. The van der Waals surface area contributed by atoms with Crippen molar-refractivity contribution in [3.8, 4) is 0 Å². The molecule has 0 amide bonds. The van der Waals surface area contributed by atoms with E-state index in [-0.39, 0.29) is 12.0 Å². The molecule has 2 unspecified atom stereocenters. The van der Waals surface area contributed by atoms with Gasteiger partial charge in [0.15, 0.2) is 0 Å². The summed E-state index contributed by atoms with van der Waals surface area (Å²) in [5.41, 5.74) is 1.01. The average molecular weight is 215 g/mol. The molecular formula is C10H15ClN2O. The summed E-state index contributed by atoms with van der Waals surface area (Å²) in [7, 11) is 0. The van der Waals surface area contributed by atoms with Crippen LogP contribution in [0.2, 0.25) is 5.02 Å². The van der Waals surface area contributed by atoms with Crippen LogP contribution in [0.15, 0.2) is 6.20 Å². The molecule has 4 heteroatoms. The van der Waals surface area contributed by atoms with E-state index < -0.39 is 0 Å². The van der Waals surface area contributed by atoms with E-state index in [2.05, 4.69) is 5.10 Å². The highest BCUT2D eigenvalue weighted by molar-refractivity contribution is 6.31. The Labute approximate surface area is 88.7 Å². The van der Waals surface area contributed by atoms with Gasteiger partial charge in [0.1, 0.15) is 0 Å². The molecule has 0 radical (unpaired) electrons. The Morgan fingerprint density at radius 3 is 3.00 bits per heavy atom. The first-order chi connectivity index (χ1) is 6.74. The molecule has 0 aromatic carbocycles. The summed E-state index contributed by atoms with van der Waals surface area (Å²) in [6, 6.07) is 0. The second-order valence-electron chi connectivity index (χ2n) is 3.80. The molecule has 1 aromatic heterocycles. The zero-order valence-electron chi connectivity index (χ0n) is 8.28. The molecule has 1 aliphatic rings. The number of aryl methyl sites for hydroxylation is 1. The first-order valence-corrected chi connectivity index (χ1v) is 5.51. The van der Waals surface area contributed by atoms with Crippen molar-refractivity contribution in [3.05, 3.63) is 16.9 Å². The van der Waals surface area contributed by atoms with Crippen molar-refractivity contribution in [2.45, 2.75) is 44.8 Å². The monoisotopic (exact) mass is 214 g/mol. The first kappa shape index (κ1) is 9.99. The van der Waals surface area contributed by atoms with Crippen LogP contribution in [0.3, 0.4) is 0 Å². The molecule has 1 aromatic rings. The van der Waals surface area contributed by atoms with Gasteiger partial charge in [0.2, 0.25) is 0 Å². The maximum absolute atomic E-state index is 9.81. The highest BCUT2D eigenvalue weighted by Gasteiger charge is 2.30. The van der Waals surface area contributed by atoms with Gasteiger partial charge in [0, 0.05) is 12.5 Å². The van der Waals surface area contributed by atoms with Gasteiger partial charge < -0.3 is 5.11 Å². The Kier molecular flexibility index (Phi) is 2.79. The maximum Gasteiger partial charge on any atom is 0.0821 e. The van der Waals surface area contributed by atoms with Gasteiger partial charge in [0.05, 0.1) is 23.0 Å². The smallest absolute Gasteiger partial charge is 0.0821 e. The number of aliphatic hydroxyl groups is 1. The van der Waals surface area contributed by atoms with Crippen LogP contribution in [-0.4, -0.2) is 21.0 Å². The summed E-state index contributed by atoms with van der Waals surface area (Å²) in [5, 5.41) is 14.7. The summed E-state index contributed by atoms with van der Waals surface area (Å²) >= 11 is 6.07. The van der Waals surface area contributed by atoms with Crippen LogP contribution >= 0.6 is 11.6 Å². The third-order valence-electron chi connectivity index (χ3n) is 2.96. The van der Waals surface area contributed by atoms with Gasteiger partial charge in [-0.25, -0.2) is 0 Å². The van der Waals surface area contributed by atoms with Gasteiger partial charge in [-0.3, -0.25) is 4.68 Å². The Morgan fingerprint density at radius 2 is 2.43 bits per heavy atom. The molecule has 78 valence electrons. The van der Waals surface area contributed by atoms with Gasteiger partial charge in [-0.05, 0) is 19.8 Å². The number of rotatable bonds is 2.